The Morgan fingerprint density at radius 3 is 2.36 bits per heavy atom. The molecule has 0 fully saturated rings. The molecule has 0 bridgehead atoms. The number of aromatic nitrogens is 1. The molecule has 0 unspecified atom stereocenters. The van der Waals surface area contributed by atoms with Crippen molar-refractivity contribution in [1.29, 1.82) is 0 Å². The lowest BCUT2D eigenvalue weighted by Crippen LogP contribution is -2.36. The Morgan fingerprint density at radius 1 is 0.929 bits per heavy atom. The molecule has 1 aliphatic heterocycles. The van der Waals surface area contributed by atoms with Crippen molar-refractivity contribution in [3.05, 3.63) is 95.3 Å². The van der Waals surface area contributed by atoms with Crippen molar-refractivity contribution in [2.45, 2.75) is 26.3 Å². The Labute approximate surface area is 249 Å². The number of ether oxygens (including phenoxy) is 1. The van der Waals surface area contributed by atoms with Crippen LogP contribution in [0.2, 0.25) is 0 Å². The zero-order chi connectivity index (χ0) is 29.9. The molecule has 12 heteroatoms. The fraction of sp³-hybridized carbons (Fsp3) is 0.233. The Morgan fingerprint density at radius 2 is 1.64 bits per heavy atom. The molecule has 5 rings (SSSR count). The summed E-state index contributed by atoms with van der Waals surface area (Å²) in [5.74, 6) is 0.204. The van der Waals surface area contributed by atoms with E-state index in [0.717, 1.165) is 31.9 Å². The van der Waals surface area contributed by atoms with Gasteiger partial charge in [0.25, 0.3) is 25.2 Å². The number of thiazole rings is 1. The molecule has 220 valence electrons. The van der Waals surface area contributed by atoms with Gasteiger partial charge in [0.05, 0.1) is 17.2 Å². The fourth-order valence-electron chi connectivity index (χ4n) is 4.81. The van der Waals surface area contributed by atoms with Gasteiger partial charge in [0.1, 0.15) is 4.70 Å². The predicted octanol–water partition coefficient (Wildman–Crippen LogP) is 5.56. The van der Waals surface area contributed by atoms with Gasteiger partial charge < -0.3 is 9.64 Å². The SMILES string of the molecule is CCC(=Cc1sc2ccccc2[n+]1CCCS(=O)(=O)O)C=C1Oc2ccc(-c3ccccc3)cc2N1CCS(=O)(=O)O. The third-order valence-electron chi connectivity index (χ3n) is 6.86. The minimum atomic E-state index is -4.22. The number of benzene rings is 3. The van der Waals surface area contributed by atoms with Crippen LogP contribution in [-0.2, 0) is 26.8 Å². The van der Waals surface area contributed by atoms with Crippen LogP contribution in [0.3, 0.4) is 0 Å². The summed E-state index contributed by atoms with van der Waals surface area (Å²) in [6, 6.07) is 23.4. The first-order chi connectivity index (χ1) is 20.0. The van der Waals surface area contributed by atoms with E-state index in [1.807, 2.05) is 96.4 Å². The van der Waals surface area contributed by atoms with Crippen molar-refractivity contribution in [2.24, 2.45) is 0 Å². The number of hydrogen-bond donors (Lipinski definition) is 2. The van der Waals surface area contributed by atoms with Crippen molar-refractivity contribution in [3.8, 4) is 16.9 Å². The highest BCUT2D eigenvalue weighted by Gasteiger charge is 2.28. The molecule has 2 heterocycles. The lowest BCUT2D eigenvalue weighted by atomic mass is 10.0. The second-order valence-electron chi connectivity index (χ2n) is 9.84. The molecule has 0 saturated heterocycles. The molecule has 4 aromatic rings. The topological polar surface area (TPSA) is 125 Å². The summed E-state index contributed by atoms with van der Waals surface area (Å²) in [5, 5.41) is 0.895. The number of para-hydroxylation sites is 1. The van der Waals surface area contributed by atoms with E-state index in [-0.39, 0.29) is 18.7 Å². The summed E-state index contributed by atoms with van der Waals surface area (Å²) in [6.07, 6.45) is 4.75. The standard InChI is InChI=1S/C30H30N2O7S3/c1-2-22(20-30-32(15-8-17-41(33,34)35)25-11-6-7-12-28(25)40-30)19-29-31(16-18-42(36,37)38)26-21-24(13-14-27(26)39-29)23-9-4-3-5-10-23/h3-7,9-14,19-21H,2,8,15-18H2,1H3,(H-,33,34,35,36,37,38)/p+1. The van der Waals surface area contributed by atoms with Gasteiger partial charge in [0, 0.05) is 31.2 Å². The third-order valence-corrected chi connectivity index (χ3v) is 9.47. The minimum absolute atomic E-state index is 0.00851. The first-order valence-corrected chi connectivity index (χ1v) is 17.4. The molecule has 1 aromatic heterocycles. The van der Waals surface area contributed by atoms with Crippen LogP contribution in [0, 0.1) is 0 Å². The number of rotatable bonds is 11. The molecule has 42 heavy (non-hydrogen) atoms. The zero-order valence-electron chi connectivity index (χ0n) is 22.9. The molecule has 0 aliphatic carbocycles. The summed E-state index contributed by atoms with van der Waals surface area (Å²) in [7, 11) is -8.30. The molecule has 0 amide bonds. The van der Waals surface area contributed by atoms with Crippen LogP contribution in [0.5, 0.6) is 5.75 Å². The lowest BCUT2D eigenvalue weighted by Gasteiger charge is -2.18. The van der Waals surface area contributed by atoms with E-state index >= 15 is 0 Å². The van der Waals surface area contributed by atoms with Gasteiger partial charge in [0.2, 0.25) is 11.4 Å². The van der Waals surface area contributed by atoms with Gasteiger partial charge in [-0.25, -0.2) is 0 Å². The van der Waals surface area contributed by atoms with Crippen LogP contribution in [-0.4, -0.2) is 44.0 Å². The number of allylic oxidation sites excluding steroid dienone is 2. The summed E-state index contributed by atoms with van der Waals surface area (Å²) >= 11 is 1.56. The summed E-state index contributed by atoms with van der Waals surface area (Å²) < 4.78 is 74.0. The Hall–Kier alpha value is -3.55. The maximum Gasteiger partial charge on any atom is 0.266 e. The fourth-order valence-corrected chi connectivity index (χ4v) is 6.89. The van der Waals surface area contributed by atoms with Gasteiger partial charge in [0.15, 0.2) is 12.3 Å². The van der Waals surface area contributed by atoms with Crippen LogP contribution >= 0.6 is 11.3 Å². The first-order valence-electron chi connectivity index (χ1n) is 13.4. The largest absolute Gasteiger partial charge is 0.439 e. The van der Waals surface area contributed by atoms with E-state index in [0.29, 0.717) is 30.3 Å². The summed E-state index contributed by atoms with van der Waals surface area (Å²) in [4.78, 5) is 1.75. The predicted molar refractivity (Wildman–Crippen MR) is 166 cm³/mol. The molecule has 9 nitrogen and oxygen atoms in total. The molecule has 0 radical (unpaired) electrons. The van der Waals surface area contributed by atoms with Crippen LogP contribution in [0.15, 0.2) is 90.3 Å². The molecule has 1 aliphatic rings. The van der Waals surface area contributed by atoms with Crippen molar-refractivity contribution < 1.29 is 35.2 Å². The minimum Gasteiger partial charge on any atom is -0.439 e. The molecule has 0 atom stereocenters. The maximum absolute atomic E-state index is 11.7. The van der Waals surface area contributed by atoms with Gasteiger partial charge in [-0.3, -0.25) is 9.11 Å². The maximum atomic E-state index is 11.7. The van der Waals surface area contributed by atoms with E-state index in [4.69, 9.17) is 4.74 Å². The summed E-state index contributed by atoms with van der Waals surface area (Å²) in [6.45, 7) is 2.39. The summed E-state index contributed by atoms with van der Waals surface area (Å²) in [5.41, 5.74) is 4.50. The zero-order valence-corrected chi connectivity index (χ0v) is 25.3. The second kappa shape index (κ2) is 12.4. The number of fused-ring (bicyclic) bond motifs is 2. The highest BCUT2D eigenvalue weighted by Crippen LogP contribution is 2.42. The Kier molecular flexibility index (Phi) is 8.81. The normalized spacial score (nSPS) is 14.9. The van der Waals surface area contributed by atoms with Gasteiger partial charge in [-0.1, -0.05) is 66.8 Å². The van der Waals surface area contributed by atoms with Gasteiger partial charge >= 0.3 is 0 Å². The quantitative estimate of drug-likeness (QED) is 0.164. The molecular weight excluding hydrogens is 597 g/mol. The van der Waals surface area contributed by atoms with Crippen molar-refractivity contribution >= 4 is 53.6 Å². The average molecular weight is 628 g/mol. The molecule has 3 aromatic carbocycles. The highest BCUT2D eigenvalue weighted by molar-refractivity contribution is 7.86. The Bertz CT molecular complexity index is 1880. The van der Waals surface area contributed by atoms with E-state index in [9.17, 15) is 25.9 Å². The van der Waals surface area contributed by atoms with Crippen LogP contribution in [0.1, 0.15) is 24.8 Å². The van der Waals surface area contributed by atoms with E-state index in [1.165, 1.54) is 0 Å². The number of hydrogen-bond acceptors (Lipinski definition) is 7. The van der Waals surface area contributed by atoms with Crippen molar-refractivity contribution in [3.63, 3.8) is 0 Å². The monoisotopic (exact) mass is 627 g/mol. The second-order valence-corrected chi connectivity index (χ2v) is 14.0. The van der Waals surface area contributed by atoms with E-state index in [2.05, 4.69) is 0 Å². The van der Waals surface area contributed by atoms with Gasteiger partial charge in [-0.15, -0.1) is 0 Å². The van der Waals surface area contributed by atoms with Gasteiger partial charge in [-0.2, -0.15) is 21.4 Å². The molecule has 2 N–H and O–H groups in total. The Balaban J connectivity index is 1.52. The molecular formula is C30H31N2O7S3+. The average Bonchev–Trinajstić information content (AvgIpc) is 3.47. The molecule has 0 saturated carbocycles. The number of aryl methyl sites for hydroxylation is 1. The van der Waals surface area contributed by atoms with Gasteiger partial charge in [-0.05, 0) is 41.3 Å². The number of anilines is 1. The van der Waals surface area contributed by atoms with Crippen molar-refractivity contribution in [2.75, 3.05) is 23.0 Å². The van der Waals surface area contributed by atoms with E-state index < -0.39 is 26.0 Å². The first kappa shape index (κ1) is 29.9. The number of nitrogens with zero attached hydrogens (tertiary/aromatic N) is 2. The lowest BCUT2D eigenvalue weighted by molar-refractivity contribution is -0.668. The van der Waals surface area contributed by atoms with Crippen LogP contribution in [0.25, 0.3) is 27.4 Å². The van der Waals surface area contributed by atoms with E-state index in [1.54, 1.807) is 16.2 Å². The highest BCUT2D eigenvalue weighted by atomic mass is 32.2. The van der Waals surface area contributed by atoms with Crippen LogP contribution in [0.4, 0.5) is 5.69 Å². The third kappa shape index (κ3) is 7.26. The van der Waals surface area contributed by atoms with Crippen LogP contribution < -0.4 is 14.2 Å². The van der Waals surface area contributed by atoms with Crippen molar-refractivity contribution in [1.82, 2.24) is 0 Å². The smallest absolute Gasteiger partial charge is 0.266 e. The molecule has 0 spiro atoms.